The summed E-state index contributed by atoms with van der Waals surface area (Å²) in [6, 6.07) is 3.37. The van der Waals surface area contributed by atoms with Gasteiger partial charge in [-0.05, 0) is 40.4 Å². The van der Waals surface area contributed by atoms with E-state index in [9.17, 15) is 15.0 Å². The van der Waals surface area contributed by atoms with Crippen molar-refractivity contribution in [3.05, 3.63) is 26.6 Å². The number of hydrogen-bond acceptors (Lipinski definition) is 5. The summed E-state index contributed by atoms with van der Waals surface area (Å²) in [4.78, 5) is 11.0. The van der Waals surface area contributed by atoms with Gasteiger partial charge < -0.3 is 14.9 Å². The van der Waals surface area contributed by atoms with Crippen molar-refractivity contribution in [2.45, 2.75) is 19.4 Å². The molecule has 7 heteroatoms. The lowest BCUT2D eigenvalue weighted by Crippen LogP contribution is -2.14. The van der Waals surface area contributed by atoms with E-state index in [1.165, 1.54) is 0 Å². The molecule has 20 heavy (non-hydrogen) atoms. The van der Waals surface area contributed by atoms with Gasteiger partial charge in [-0.3, -0.25) is 4.79 Å². The lowest BCUT2D eigenvalue weighted by Gasteiger charge is -2.20. The maximum Gasteiger partial charge on any atom is 0.315 e. The molecule has 0 heterocycles. The average molecular weight is 428 g/mol. The zero-order valence-electron chi connectivity index (χ0n) is 10.8. The first kappa shape index (κ1) is 17.8. The van der Waals surface area contributed by atoms with Gasteiger partial charge in [-0.2, -0.15) is 12.6 Å². The van der Waals surface area contributed by atoms with Gasteiger partial charge in [0.15, 0.2) is 0 Å². The van der Waals surface area contributed by atoms with Crippen molar-refractivity contribution in [3.63, 3.8) is 0 Å². The van der Waals surface area contributed by atoms with Crippen LogP contribution in [0.15, 0.2) is 21.1 Å². The molecule has 0 fully saturated rings. The molecule has 1 aromatic carbocycles. The minimum atomic E-state index is -0.849. The highest BCUT2D eigenvalue weighted by Crippen LogP contribution is 2.38. The molecule has 0 saturated heterocycles. The molecule has 1 aromatic rings. The number of carbonyl (C=O) groups excluding carboxylic acids is 1. The number of aliphatic hydroxyl groups is 1. The van der Waals surface area contributed by atoms with Gasteiger partial charge in [0.25, 0.3) is 0 Å². The minimum absolute atomic E-state index is 0.0138. The van der Waals surface area contributed by atoms with Crippen LogP contribution in [0.5, 0.6) is 5.75 Å². The highest BCUT2D eigenvalue weighted by molar-refractivity contribution is 9.11. The second-order valence-electron chi connectivity index (χ2n) is 4.41. The number of aromatic hydroxyl groups is 1. The number of benzene rings is 1. The third-order valence-electron chi connectivity index (χ3n) is 2.88. The number of ether oxygens (including phenoxy) is 1. The summed E-state index contributed by atoms with van der Waals surface area (Å²) >= 11 is 10.3. The zero-order chi connectivity index (χ0) is 15.3. The molecule has 0 saturated carbocycles. The Morgan fingerprint density at radius 1 is 1.45 bits per heavy atom. The molecule has 0 aliphatic carbocycles. The maximum absolute atomic E-state index is 11.0. The molecule has 0 unspecified atom stereocenters. The normalized spacial score (nSPS) is 13.8. The number of phenolic OH excluding ortho intramolecular Hbond substituents is 1. The lowest BCUT2D eigenvalue weighted by molar-refractivity contribution is -0.141. The highest BCUT2D eigenvalue weighted by Gasteiger charge is 2.21. The monoisotopic (exact) mass is 426 g/mol. The Hall–Kier alpha value is -0.240. The molecule has 0 spiro atoms. The first-order chi connectivity index (χ1) is 9.36. The topological polar surface area (TPSA) is 66.8 Å². The first-order valence-corrected chi connectivity index (χ1v) is 8.21. The van der Waals surface area contributed by atoms with E-state index in [0.717, 1.165) is 4.47 Å². The van der Waals surface area contributed by atoms with Crippen LogP contribution in [0.2, 0.25) is 0 Å². The zero-order valence-corrected chi connectivity index (χ0v) is 14.9. The van der Waals surface area contributed by atoms with Gasteiger partial charge in [-0.1, -0.05) is 22.9 Å². The van der Waals surface area contributed by atoms with Crippen LogP contribution in [0.4, 0.5) is 0 Å². The van der Waals surface area contributed by atoms with Crippen LogP contribution in [0.3, 0.4) is 0 Å². The van der Waals surface area contributed by atoms with Gasteiger partial charge in [-0.25, -0.2) is 0 Å². The third-order valence-corrected chi connectivity index (χ3v) is 4.20. The van der Waals surface area contributed by atoms with Crippen molar-refractivity contribution >= 4 is 50.5 Å². The number of aliphatic hydroxyl groups excluding tert-OH is 1. The largest absolute Gasteiger partial charge is 0.506 e. The Kier molecular flexibility index (Phi) is 7.36. The summed E-state index contributed by atoms with van der Waals surface area (Å²) < 4.78 is 6.18. The Balaban J connectivity index is 2.69. The first-order valence-electron chi connectivity index (χ1n) is 5.99. The number of halogens is 2. The molecule has 0 aromatic heterocycles. The van der Waals surface area contributed by atoms with Crippen molar-refractivity contribution in [2.75, 3.05) is 12.4 Å². The fourth-order valence-corrected chi connectivity index (χ4v) is 3.03. The predicted octanol–water partition coefficient (Wildman–Crippen LogP) is 3.45. The molecular formula is C13H16Br2O4S. The fourth-order valence-electron chi connectivity index (χ4n) is 1.68. The van der Waals surface area contributed by atoms with Crippen LogP contribution in [-0.2, 0) is 9.53 Å². The van der Waals surface area contributed by atoms with Crippen molar-refractivity contribution in [1.29, 1.82) is 0 Å². The summed E-state index contributed by atoms with van der Waals surface area (Å²) in [6.07, 6.45) is -0.358. The van der Waals surface area contributed by atoms with E-state index in [1.807, 2.05) is 6.92 Å². The summed E-state index contributed by atoms with van der Waals surface area (Å²) in [5, 5.41) is 20.3. The number of hydrogen-bond donors (Lipinski definition) is 3. The Morgan fingerprint density at radius 3 is 2.70 bits per heavy atom. The van der Waals surface area contributed by atoms with E-state index in [0.29, 0.717) is 16.5 Å². The predicted molar refractivity (Wildman–Crippen MR) is 87.1 cm³/mol. The Morgan fingerprint density at radius 2 is 2.10 bits per heavy atom. The van der Waals surface area contributed by atoms with E-state index in [2.05, 4.69) is 44.5 Å². The molecule has 0 aliphatic rings. The summed E-state index contributed by atoms with van der Waals surface area (Å²) in [5.41, 5.74) is 0.430. The molecule has 0 amide bonds. The van der Waals surface area contributed by atoms with Crippen LogP contribution in [0.25, 0.3) is 0 Å². The number of esters is 1. The van der Waals surface area contributed by atoms with Crippen molar-refractivity contribution in [3.8, 4) is 5.75 Å². The van der Waals surface area contributed by atoms with Crippen molar-refractivity contribution in [2.24, 2.45) is 5.92 Å². The molecule has 0 radical (unpaired) electrons. The minimum Gasteiger partial charge on any atom is -0.506 e. The molecule has 2 atom stereocenters. The van der Waals surface area contributed by atoms with Crippen molar-refractivity contribution < 1.29 is 19.7 Å². The smallest absolute Gasteiger partial charge is 0.315 e. The van der Waals surface area contributed by atoms with Crippen LogP contribution < -0.4 is 0 Å². The summed E-state index contributed by atoms with van der Waals surface area (Å²) in [6.45, 7) is 2.04. The number of thiol groups is 1. The van der Waals surface area contributed by atoms with E-state index in [-0.39, 0.29) is 30.0 Å². The Bertz CT molecular complexity index is 482. The quantitative estimate of drug-likeness (QED) is 0.480. The molecule has 112 valence electrons. The number of phenols is 1. The summed E-state index contributed by atoms with van der Waals surface area (Å²) in [7, 11) is 0. The summed E-state index contributed by atoms with van der Waals surface area (Å²) in [5.74, 6) is -0.506. The van der Waals surface area contributed by atoms with Crippen LogP contribution >= 0.6 is 44.5 Å². The fraction of sp³-hybridized carbons (Fsp3) is 0.462. The van der Waals surface area contributed by atoms with Crippen molar-refractivity contribution in [1.82, 2.24) is 0 Å². The van der Waals surface area contributed by atoms with Gasteiger partial charge in [-0.15, -0.1) is 0 Å². The second-order valence-corrected chi connectivity index (χ2v) is 6.50. The standard InChI is InChI=1S/C13H16Br2O4S/c1-7(2-3-19-11(16)6-20)12(17)9-4-8(14)5-10(15)13(9)18/h4-5,7,12,17-18,20H,2-3,6H2,1H3/t7-,12-/m1/s1. The highest BCUT2D eigenvalue weighted by atomic mass is 79.9. The molecule has 0 aliphatic heterocycles. The number of carbonyl (C=O) groups is 1. The average Bonchev–Trinajstić information content (AvgIpc) is 2.41. The second kappa shape index (κ2) is 8.26. The molecule has 4 nitrogen and oxygen atoms in total. The van der Waals surface area contributed by atoms with Crippen LogP contribution in [0, 0.1) is 5.92 Å². The molecule has 1 rings (SSSR count). The molecule has 2 N–H and O–H groups in total. The van der Waals surface area contributed by atoms with Gasteiger partial charge in [0.05, 0.1) is 22.9 Å². The number of rotatable bonds is 6. The maximum atomic E-state index is 11.0. The Labute approximate surface area is 140 Å². The van der Waals surface area contributed by atoms with Gasteiger partial charge in [0.1, 0.15) is 5.75 Å². The van der Waals surface area contributed by atoms with Gasteiger partial charge in [0, 0.05) is 10.0 Å². The van der Waals surface area contributed by atoms with Gasteiger partial charge >= 0.3 is 5.97 Å². The van der Waals surface area contributed by atoms with Crippen LogP contribution in [-0.4, -0.2) is 28.5 Å². The molecule has 0 bridgehead atoms. The SMILES string of the molecule is C[C@H](CCOC(=O)CS)[C@@H](O)c1cc(Br)cc(Br)c1O. The van der Waals surface area contributed by atoms with E-state index >= 15 is 0 Å². The molecular weight excluding hydrogens is 412 g/mol. The van der Waals surface area contributed by atoms with Crippen LogP contribution in [0.1, 0.15) is 25.0 Å². The lowest BCUT2D eigenvalue weighted by atomic mass is 9.94. The van der Waals surface area contributed by atoms with E-state index < -0.39 is 6.10 Å². The van der Waals surface area contributed by atoms with Gasteiger partial charge in [0.2, 0.25) is 0 Å². The van der Waals surface area contributed by atoms with E-state index in [1.54, 1.807) is 12.1 Å². The third kappa shape index (κ3) is 4.95. The van der Waals surface area contributed by atoms with E-state index in [4.69, 9.17) is 4.74 Å².